The van der Waals surface area contributed by atoms with E-state index in [0.29, 0.717) is 20.6 Å². The van der Waals surface area contributed by atoms with Crippen molar-refractivity contribution in [1.82, 2.24) is 0 Å². The van der Waals surface area contributed by atoms with Gasteiger partial charge < -0.3 is 10.5 Å². The molecule has 20 heavy (non-hydrogen) atoms. The number of benzene rings is 1. The van der Waals surface area contributed by atoms with Gasteiger partial charge in [0.05, 0.1) is 10.4 Å². The van der Waals surface area contributed by atoms with Gasteiger partial charge in [-0.3, -0.25) is 5.32 Å². The summed E-state index contributed by atoms with van der Waals surface area (Å²) in [6.07, 6.45) is -0.644. The largest absolute Gasteiger partial charge is 0.444 e. The Morgan fingerprint density at radius 3 is 2.65 bits per heavy atom. The highest BCUT2D eigenvalue weighted by Gasteiger charge is 2.20. The van der Waals surface area contributed by atoms with Crippen LogP contribution in [0.4, 0.5) is 19.9 Å². The molecule has 3 N–H and O–H groups in total. The molecule has 0 bridgehead atoms. The number of rotatable bonds is 1. The Balaban J connectivity index is 2.37. The quantitative estimate of drug-likeness (QED) is 0.794. The number of anilines is 2. The lowest BCUT2D eigenvalue weighted by Crippen LogP contribution is -2.27. The van der Waals surface area contributed by atoms with Crippen LogP contribution < -0.4 is 16.5 Å². The minimum Gasteiger partial charge on any atom is -0.444 e. The predicted molar refractivity (Wildman–Crippen MR) is 81.4 cm³/mol. The molecule has 0 atom stereocenters. The average Bonchev–Trinajstić information content (AvgIpc) is 2.60. The third-order valence-electron chi connectivity index (χ3n) is 2.47. The van der Waals surface area contributed by atoms with Crippen molar-refractivity contribution in [3.05, 3.63) is 17.9 Å². The van der Waals surface area contributed by atoms with E-state index in [1.165, 1.54) is 12.1 Å². The summed E-state index contributed by atoms with van der Waals surface area (Å²) in [6.45, 7) is 5.25. The SMILES string of the molecule is [B]c1ccc(F)c2sc(NC(=O)OC(C)(C)C)c(N)c12. The van der Waals surface area contributed by atoms with Gasteiger partial charge in [0.15, 0.2) is 0 Å². The number of thiophene rings is 1. The van der Waals surface area contributed by atoms with Gasteiger partial charge in [0.25, 0.3) is 0 Å². The number of nitrogens with one attached hydrogen (secondary N) is 1. The first-order chi connectivity index (χ1) is 9.19. The summed E-state index contributed by atoms with van der Waals surface area (Å²) >= 11 is 1.03. The van der Waals surface area contributed by atoms with E-state index < -0.39 is 17.5 Å². The highest BCUT2D eigenvalue weighted by molar-refractivity contribution is 7.24. The van der Waals surface area contributed by atoms with Gasteiger partial charge in [-0.2, -0.15) is 0 Å². The van der Waals surface area contributed by atoms with Crippen molar-refractivity contribution in [1.29, 1.82) is 0 Å². The van der Waals surface area contributed by atoms with Crippen LogP contribution in [0.1, 0.15) is 20.8 Å². The number of carbonyl (C=O) groups is 1. The van der Waals surface area contributed by atoms with Gasteiger partial charge in [-0.1, -0.05) is 11.5 Å². The minimum atomic E-state index is -0.644. The van der Waals surface area contributed by atoms with Gasteiger partial charge in [0.1, 0.15) is 24.3 Å². The molecule has 0 unspecified atom stereocenters. The Kier molecular flexibility index (Phi) is 3.64. The molecule has 4 nitrogen and oxygen atoms in total. The van der Waals surface area contributed by atoms with Gasteiger partial charge in [-0.25, -0.2) is 9.18 Å². The van der Waals surface area contributed by atoms with Crippen LogP contribution in [-0.2, 0) is 4.74 Å². The second-order valence-electron chi connectivity index (χ2n) is 5.31. The van der Waals surface area contributed by atoms with E-state index in [1.54, 1.807) is 20.8 Å². The van der Waals surface area contributed by atoms with E-state index >= 15 is 0 Å². The lowest BCUT2D eigenvalue weighted by atomic mass is 9.92. The Labute approximate surface area is 121 Å². The average molecular weight is 292 g/mol. The van der Waals surface area contributed by atoms with Crippen molar-refractivity contribution in [3.63, 3.8) is 0 Å². The summed E-state index contributed by atoms with van der Waals surface area (Å²) in [5.74, 6) is -0.428. The van der Waals surface area contributed by atoms with E-state index in [-0.39, 0.29) is 5.69 Å². The van der Waals surface area contributed by atoms with Crippen LogP contribution in [0.25, 0.3) is 10.1 Å². The Morgan fingerprint density at radius 2 is 2.10 bits per heavy atom. The molecule has 0 spiro atoms. The summed E-state index contributed by atoms with van der Waals surface area (Å²) in [6, 6.07) is 2.71. The van der Waals surface area contributed by atoms with Crippen molar-refractivity contribution in [2.45, 2.75) is 26.4 Å². The fourth-order valence-corrected chi connectivity index (χ4v) is 2.76. The fraction of sp³-hybridized carbons (Fsp3) is 0.308. The van der Waals surface area contributed by atoms with Gasteiger partial charge in [0, 0.05) is 5.39 Å². The summed E-state index contributed by atoms with van der Waals surface area (Å²) in [5.41, 5.74) is 5.90. The first-order valence-corrected chi connectivity index (χ1v) is 6.76. The normalized spacial score (nSPS) is 11.6. The molecular formula is C13H14BFN2O2S. The third kappa shape index (κ3) is 2.87. The molecule has 2 aromatic rings. The molecule has 104 valence electrons. The molecule has 0 aliphatic heterocycles. The van der Waals surface area contributed by atoms with Crippen LogP contribution in [0, 0.1) is 5.82 Å². The second kappa shape index (κ2) is 4.97. The molecule has 2 radical (unpaired) electrons. The minimum absolute atomic E-state index is 0.243. The lowest BCUT2D eigenvalue weighted by Gasteiger charge is -2.19. The molecule has 0 fully saturated rings. The highest BCUT2D eigenvalue weighted by Crippen LogP contribution is 2.38. The fourth-order valence-electron chi connectivity index (χ4n) is 1.71. The van der Waals surface area contributed by atoms with Crippen molar-refractivity contribution in [3.8, 4) is 0 Å². The molecule has 0 saturated carbocycles. The number of carbonyl (C=O) groups excluding carboxylic acids is 1. The first kappa shape index (κ1) is 14.6. The van der Waals surface area contributed by atoms with Crippen LogP contribution in [0.5, 0.6) is 0 Å². The van der Waals surface area contributed by atoms with Crippen LogP contribution in [0.15, 0.2) is 12.1 Å². The van der Waals surface area contributed by atoms with Gasteiger partial charge in [-0.05, 0) is 26.8 Å². The Morgan fingerprint density at radius 1 is 1.45 bits per heavy atom. The summed E-state index contributed by atoms with van der Waals surface area (Å²) < 4.78 is 19.2. The molecule has 1 amide bonds. The maximum absolute atomic E-state index is 13.7. The Bertz CT molecular complexity index is 679. The van der Waals surface area contributed by atoms with Gasteiger partial charge in [0.2, 0.25) is 0 Å². The summed E-state index contributed by atoms with van der Waals surface area (Å²) in [7, 11) is 5.79. The number of hydrogen-bond donors (Lipinski definition) is 2. The molecular weight excluding hydrogens is 278 g/mol. The summed E-state index contributed by atoms with van der Waals surface area (Å²) in [5, 5.41) is 3.26. The first-order valence-electron chi connectivity index (χ1n) is 5.95. The topological polar surface area (TPSA) is 64.3 Å². The zero-order chi connectivity index (χ0) is 15.1. The van der Waals surface area contributed by atoms with Crippen LogP contribution in [0.3, 0.4) is 0 Å². The number of nitrogen functional groups attached to an aromatic ring is 1. The van der Waals surface area contributed by atoms with E-state index in [2.05, 4.69) is 5.32 Å². The van der Waals surface area contributed by atoms with E-state index in [9.17, 15) is 9.18 Å². The zero-order valence-corrected chi connectivity index (χ0v) is 12.2. The maximum Gasteiger partial charge on any atom is 0.412 e. The van der Waals surface area contributed by atoms with Crippen molar-refractivity contribution in [2.24, 2.45) is 0 Å². The van der Waals surface area contributed by atoms with Crippen molar-refractivity contribution >= 4 is 51.5 Å². The number of nitrogens with two attached hydrogens (primary N) is 1. The highest BCUT2D eigenvalue weighted by atomic mass is 32.1. The van der Waals surface area contributed by atoms with Gasteiger partial charge >= 0.3 is 6.09 Å². The molecule has 2 rings (SSSR count). The smallest absolute Gasteiger partial charge is 0.412 e. The van der Waals surface area contributed by atoms with E-state index in [0.717, 1.165) is 11.3 Å². The standard InChI is InChI=1S/C13H14BFN2O2S/c1-13(2,3)19-12(18)17-11-9(16)8-6(14)4-5-7(15)10(8)20-11/h4-5H,16H2,1-3H3,(H,17,18). The molecule has 1 aromatic heterocycles. The number of fused-ring (bicyclic) bond motifs is 1. The molecule has 0 saturated heterocycles. The molecule has 1 aromatic carbocycles. The maximum atomic E-state index is 13.7. The number of hydrogen-bond acceptors (Lipinski definition) is 4. The van der Waals surface area contributed by atoms with Crippen molar-refractivity contribution in [2.75, 3.05) is 11.1 Å². The molecule has 0 aliphatic carbocycles. The number of halogens is 1. The third-order valence-corrected chi connectivity index (χ3v) is 3.60. The Hall–Kier alpha value is -1.76. The van der Waals surface area contributed by atoms with Crippen LogP contribution in [0.2, 0.25) is 0 Å². The van der Waals surface area contributed by atoms with Crippen molar-refractivity contribution < 1.29 is 13.9 Å². The van der Waals surface area contributed by atoms with E-state index in [1.807, 2.05) is 0 Å². The molecule has 7 heteroatoms. The molecule has 1 heterocycles. The van der Waals surface area contributed by atoms with Crippen LogP contribution in [-0.4, -0.2) is 19.5 Å². The number of ether oxygens (including phenoxy) is 1. The summed E-state index contributed by atoms with van der Waals surface area (Å²) in [4.78, 5) is 11.7. The lowest BCUT2D eigenvalue weighted by molar-refractivity contribution is 0.0636. The van der Waals surface area contributed by atoms with Gasteiger partial charge in [-0.15, -0.1) is 11.3 Å². The predicted octanol–water partition coefficient (Wildman–Crippen LogP) is 2.76. The van der Waals surface area contributed by atoms with Crippen LogP contribution >= 0.6 is 11.3 Å². The van der Waals surface area contributed by atoms with E-state index in [4.69, 9.17) is 18.3 Å². The second-order valence-corrected chi connectivity index (χ2v) is 6.33. The monoisotopic (exact) mass is 292 g/mol. The zero-order valence-electron chi connectivity index (χ0n) is 11.4. The molecule has 0 aliphatic rings. The number of amides is 1.